The molecule has 1 aromatic carbocycles. The van der Waals surface area contributed by atoms with E-state index in [9.17, 15) is 15.2 Å². The molecule has 2 aliphatic rings. The standard InChI is InChI=1S/C17H17N3O2/c18-9-20-6-10(7-21)4-12-11-2-1-3-14-17(11)13(5-16(12)20)15(8-22)19-14/h1-3,8,10,12,16,19,21H,4-7H2/t10-,12-,16-/m1/s1. The van der Waals surface area contributed by atoms with Gasteiger partial charge < -0.3 is 15.0 Å². The van der Waals surface area contributed by atoms with Crippen LogP contribution in [0.5, 0.6) is 0 Å². The predicted octanol–water partition coefficient (Wildman–Crippen LogP) is 1.78. The predicted molar refractivity (Wildman–Crippen MR) is 81.4 cm³/mol. The van der Waals surface area contributed by atoms with Gasteiger partial charge in [-0.3, -0.25) is 4.79 Å². The molecule has 112 valence electrons. The highest BCUT2D eigenvalue weighted by molar-refractivity contribution is 5.95. The smallest absolute Gasteiger partial charge is 0.179 e. The number of fused-ring (bicyclic) bond motifs is 2. The number of rotatable bonds is 2. The van der Waals surface area contributed by atoms with Gasteiger partial charge in [0.15, 0.2) is 12.5 Å². The van der Waals surface area contributed by atoms with Crippen LogP contribution in [0.25, 0.3) is 10.9 Å². The van der Waals surface area contributed by atoms with Gasteiger partial charge in [0, 0.05) is 35.9 Å². The average Bonchev–Trinajstić information content (AvgIpc) is 2.93. The van der Waals surface area contributed by atoms with Crippen LogP contribution in [0.15, 0.2) is 18.2 Å². The van der Waals surface area contributed by atoms with Gasteiger partial charge >= 0.3 is 0 Å². The number of aromatic amines is 1. The van der Waals surface area contributed by atoms with E-state index in [0.29, 0.717) is 18.7 Å². The number of piperidine rings is 1. The Hall–Kier alpha value is -2.32. The van der Waals surface area contributed by atoms with Gasteiger partial charge in [0.1, 0.15) is 0 Å². The number of carbonyl (C=O) groups is 1. The second-order valence-electron chi connectivity index (χ2n) is 6.32. The molecule has 5 nitrogen and oxygen atoms in total. The van der Waals surface area contributed by atoms with Crippen molar-refractivity contribution in [3.8, 4) is 6.19 Å². The number of aldehydes is 1. The average molecular weight is 295 g/mol. The first-order valence-corrected chi connectivity index (χ1v) is 7.62. The highest BCUT2D eigenvalue weighted by Gasteiger charge is 2.41. The van der Waals surface area contributed by atoms with Crippen molar-refractivity contribution in [3.63, 3.8) is 0 Å². The normalized spacial score (nSPS) is 26.5. The first-order chi connectivity index (χ1) is 10.8. The molecule has 3 atom stereocenters. The number of aliphatic hydroxyl groups excluding tert-OH is 1. The summed E-state index contributed by atoms with van der Waals surface area (Å²) in [4.78, 5) is 16.3. The molecule has 2 heterocycles. The Morgan fingerprint density at radius 3 is 3.09 bits per heavy atom. The number of H-pyrrole nitrogens is 1. The van der Waals surface area contributed by atoms with Gasteiger partial charge in [0.05, 0.1) is 11.7 Å². The Morgan fingerprint density at radius 1 is 1.50 bits per heavy atom. The van der Waals surface area contributed by atoms with E-state index in [0.717, 1.165) is 29.2 Å². The van der Waals surface area contributed by atoms with Gasteiger partial charge in [-0.25, -0.2) is 0 Å². The third kappa shape index (κ3) is 1.71. The summed E-state index contributed by atoms with van der Waals surface area (Å²) in [5.41, 5.74) is 3.85. The minimum atomic E-state index is 0.0837. The largest absolute Gasteiger partial charge is 0.396 e. The zero-order chi connectivity index (χ0) is 15.3. The third-order valence-electron chi connectivity index (χ3n) is 5.22. The topological polar surface area (TPSA) is 80.1 Å². The van der Waals surface area contributed by atoms with Crippen LogP contribution >= 0.6 is 0 Å². The van der Waals surface area contributed by atoms with Gasteiger partial charge in [-0.05, 0) is 30.0 Å². The van der Waals surface area contributed by atoms with Crippen LogP contribution < -0.4 is 0 Å². The molecule has 0 bridgehead atoms. The van der Waals surface area contributed by atoms with Crippen molar-refractivity contribution < 1.29 is 9.90 Å². The molecule has 0 radical (unpaired) electrons. The Bertz CT molecular complexity index is 789. The van der Waals surface area contributed by atoms with Gasteiger partial charge in [0.25, 0.3) is 0 Å². The molecule has 5 heteroatoms. The molecule has 2 N–H and O–H groups in total. The van der Waals surface area contributed by atoms with Crippen LogP contribution in [-0.4, -0.2) is 40.5 Å². The number of aromatic nitrogens is 1. The van der Waals surface area contributed by atoms with Crippen molar-refractivity contribution in [2.75, 3.05) is 13.2 Å². The highest BCUT2D eigenvalue weighted by atomic mass is 16.3. The van der Waals surface area contributed by atoms with Crippen molar-refractivity contribution in [1.29, 1.82) is 5.26 Å². The number of carbonyl (C=O) groups excluding carboxylic acids is 1. The summed E-state index contributed by atoms with van der Waals surface area (Å²) in [6.45, 7) is 0.706. The molecule has 1 aromatic heterocycles. The fourth-order valence-electron chi connectivity index (χ4n) is 4.25. The molecular formula is C17H17N3O2. The van der Waals surface area contributed by atoms with Crippen molar-refractivity contribution in [2.24, 2.45) is 5.92 Å². The third-order valence-corrected chi connectivity index (χ3v) is 5.22. The van der Waals surface area contributed by atoms with E-state index in [4.69, 9.17) is 0 Å². The number of aliphatic hydroxyl groups is 1. The summed E-state index contributed by atoms with van der Waals surface area (Å²) in [6.07, 6.45) is 4.75. The fraction of sp³-hybridized carbons (Fsp3) is 0.412. The van der Waals surface area contributed by atoms with Crippen molar-refractivity contribution >= 4 is 17.2 Å². The molecule has 4 rings (SSSR count). The Kier molecular flexibility index (Phi) is 2.95. The van der Waals surface area contributed by atoms with Crippen LogP contribution in [0, 0.1) is 17.4 Å². The first-order valence-electron chi connectivity index (χ1n) is 7.62. The molecular weight excluding hydrogens is 278 g/mol. The molecule has 1 saturated heterocycles. The lowest BCUT2D eigenvalue weighted by Gasteiger charge is -2.44. The minimum absolute atomic E-state index is 0.0837. The lowest BCUT2D eigenvalue weighted by Crippen LogP contribution is -2.48. The lowest BCUT2D eigenvalue weighted by atomic mass is 9.72. The molecule has 0 unspecified atom stereocenters. The zero-order valence-electron chi connectivity index (χ0n) is 12.1. The van der Waals surface area contributed by atoms with Crippen LogP contribution in [0.4, 0.5) is 0 Å². The summed E-state index contributed by atoms with van der Waals surface area (Å²) in [7, 11) is 0. The summed E-state index contributed by atoms with van der Waals surface area (Å²) < 4.78 is 0. The Morgan fingerprint density at radius 2 is 2.36 bits per heavy atom. The summed E-state index contributed by atoms with van der Waals surface area (Å²) >= 11 is 0. The maximum Gasteiger partial charge on any atom is 0.179 e. The van der Waals surface area contributed by atoms with Crippen molar-refractivity contribution in [2.45, 2.75) is 24.8 Å². The molecule has 1 aliphatic carbocycles. The second-order valence-corrected chi connectivity index (χ2v) is 6.32. The van der Waals surface area contributed by atoms with Gasteiger partial charge in [-0.15, -0.1) is 0 Å². The number of hydrogen-bond acceptors (Lipinski definition) is 4. The summed E-state index contributed by atoms with van der Waals surface area (Å²) in [5.74, 6) is 0.360. The van der Waals surface area contributed by atoms with Gasteiger partial charge in [-0.2, -0.15) is 5.26 Å². The zero-order valence-corrected chi connectivity index (χ0v) is 12.1. The monoisotopic (exact) mass is 295 g/mol. The number of benzene rings is 1. The molecule has 22 heavy (non-hydrogen) atoms. The van der Waals surface area contributed by atoms with E-state index in [1.807, 2.05) is 12.1 Å². The second kappa shape index (κ2) is 4.85. The van der Waals surface area contributed by atoms with Gasteiger partial charge in [-0.1, -0.05) is 12.1 Å². The molecule has 1 fully saturated rings. The maximum absolute atomic E-state index is 11.4. The highest BCUT2D eigenvalue weighted by Crippen LogP contribution is 2.45. The Balaban J connectivity index is 1.91. The van der Waals surface area contributed by atoms with E-state index in [2.05, 4.69) is 17.2 Å². The van der Waals surface area contributed by atoms with E-state index >= 15 is 0 Å². The van der Waals surface area contributed by atoms with Crippen LogP contribution in [0.1, 0.15) is 34.0 Å². The summed E-state index contributed by atoms with van der Waals surface area (Å²) in [6, 6.07) is 6.17. The quantitative estimate of drug-likeness (QED) is 0.654. The lowest BCUT2D eigenvalue weighted by molar-refractivity contribution is 0.0973. The molecule has 0 amide bonds. The van der Waals surface area contributed by atoms with Crippen LogP contribution in [0.2, 0.25) is 0 Å². The summed E-state index contributed by atoms with van der Waals surface area (Å²) in [5, 5.41) is 20.2. The van der Waals surface area contributed by atoms with Crippen molar-refractivity contribution in [1.82, 2.24) is 9.88 Å². The van der Waals surface area contributed by atoms with Crippen LogP contribution in [-0.2, 0) is 6.42 Å². The van der Waals surface area contributed by atoms with E-state index in [1.54, 1.807) is 4.90 Å². The van der Waals surface area contributed by atoms with Crippen molar-refractivity contribution in [3.05, 3.63) is 35.0 Å². The maximum atomic E-state index is 11.4. The van der Waals surface area contributed by atoms with Gasteiger partial charge in [0.2, 0.25) is 0 Å². The van der Waals surface area contributed by atoms with E-state index < -0.39 is 0 Å². The van der Waals surface area contributed by atoms with E-state index in [-0.39, 0.29) is 24.5 Å². The molecule has 0 spiro atoms. The number of nitrogens with zero attached hydrogens (tertiary/aromatic N) is 2. The SMILES string of the molecule is N#CN1C[C@H](CO)C[C@@H]2c3cccc4[nH]c(C=O)c(c34)C[C@H]21. The molecule has 2 aromatic rings. The number of nitrogens with one attached hydrogen (secondary N) is 1. The van der Waals surface area contributed by atoms with E-state index in [1.165, 1.54) is 5.56 Å². The fourth-order valence-corrected chi connectivity index (χ4v) is 4.25. The minimum Gasteiger partial charge on any atom is -0.396 e. The first kappa shape index (κ1) is 13.4. The number of hydrogen-bond donors (Lipinski definition) is 2. The number of nitriles is 1. The molecule has 1 aliphatic heterocycles. The Labute approximate surface area is 128 Å². The van der Waals surface area contributed by atoms with Crippen LogP contribution in [0.3, 0.4) is 0 Å². The number of likely N-dealkylation sites (tertiary alicyclic amines) is 1. The molecule has 0 saturated carbocycles.